The Morgan fingerprint density at radius 1 is 1.24 bits per heavy atom. The van der Waals surface area contributed by atoms with Crippen LogP contribution in [-0.2, 0) is 9.47 Å². The monoisotopic (exact) mass is 299 g/mol. The van der Waals surface area contributed by atoms with E-state index in [0.29, 0.717) is 18.6 Å². The Morgan fingerprint density at radius 3 is 2.57 bits per heavy atom. The lowest BCUT2D eigenvalue weighted by Gasteiger charge is -2.54. The van der Waals surface area contributed by atoms with Gasteiger partial charge in [-0.2, -0.15) is 0 Å². The van der Waals surface area contributed by atoms with E-state index in [0.717, 1.165) is 19.5 Å². The van der Waals surface area contributed by atoms with Crippen molar-refractivity contribution in [2.75, 3.05) is 40.4 Å². The molecule has 2 heterocycles. The van der Waals surface area contributed by atoms with E-state index in [-0.39, 0.29) is 11.8 Å². The second-order valence-corrected chi connectivity index (χ2v) is 6.95. The van der Waals surface area contributed by atoms with Crippen molar-refractivity contribution in [2.24, 2.45) is 5.73 Å². The second kappa shape index (κ2) is 7.38. The first-order valence-corrected chi connectivity index (χ1v) is 8.30. The molecule has 0 spiro atoms. The summed E-state index contributed by atoms with van der Waals surface area (Å²) in [7, 11) is 3.40. The molecule has 0 radical (unpaired) electrons. The summed E-state index contributed by atoms with van der Waals surface area (Å²) in [6.45, 7) is 8.76. The second-order valence-electron chi connectivity index (χ2n) is 6.95. The Labute approximate surface area is 129 Å². The molecule has 0 aromatic heterocycles. The summed E-state index contributed by atoms with van der Waals surface area (Å²) in [6.07, 6.45) is 4.67. The molecule has 5 nitrogen and oxygen atoms in total. The Hall–Kier alpha value is -0.200. The first-order chi connectivity index (χ1) is 10.0. The Kier molecular flexibility index (Phi) is 6.03. The van der Waals surface area contributed by atoms with Crippen LogP contribution in [0, 0.1) is 0 Å². The van der Waals surface area contributed by atoms with Crippen molar-refractivity contribution in [3.8, 4) is 0 Å². The molecule has 2 aliphatic heterocycles. The molecule has 3 unspecified atom stereocenters. The van der Waals surface area contributed by atoms with Gasteiger partial charge < -0.3 is 15.2 Å². The van der Waals surface area contributed by atoms with Gasteiger partial charge in [-0.25, -0.2) is 0 Å². The smallest absolute Gasteiger partial charge is 0.158 e. The normalized spacial score (nSPS) is 31.1. The highest BCUT2D eigenvalue weighted by Crippen LogP contribution is 2.31. The first-order valence-electron chi connectivity index (χ1n) is 8.30. The molecule has 0 amide bonds. The van der Waals surface area contributed by atoms with Crippen LogP contribution in [0.1, 0.15) is 39.5 Å². The van der Waals surface area contributed by atoms with Gasteiger partial charge in [-0.15, -0.1) is 0 Å². The van der Waals surface area contributed by atoms with E-state index in [1.807, 2.05) is 0 Å². The first kappa shape index (κ1) is 17.2. The van der Waals surface area contributed by atoms with Crippen LogP contribution in [0.15, 0.2) is 0 Å². The zero-order valence-electron chi connectivity index (χ0n) is 14.2. The quantitative estimate of drug-likeness (QED) is 0.749. The van der Waals surface area contributed by atoms with Crippen molar-refractivity contribution in [3.63, 3.8) is 0 Å². The molecule has 21 heavy (non-hydrogen) atoms. The summed E-state index contributed by atoms with van der Waals surface area (Å²) in [6, 6.07) is 1.23. The average Bonchev–Trinajstić information content (AvgIpc) is 2.51. The highest BCUT2D eigenvalue weighted by molar-refractivity contribution is 4.98. The number of hydrogen-bond donors (Lipinski definition) is 1. The predicted molar refractivity (Wildman–Crippen MR) is 85.3 cm³/mol. The van der Waals surface area contributed by atoms with E-state index in [9.17, 15) is 0 Å². The molecule has 0 saturated carbocycles. The zero-order valence-corrected chi connectivity index (χ0v) is 14.2. The van der Waals surface area contributed by atoms with Crippen molar-refractivity contribution in [1.82, 2.24) is 9.80 Å². The third-order valence-electron chi connectivity index (χ3n) is 5.45. The molecule has 2 rings (SSSR count). The van der Waals surface area contributed by atoms with E-state index in [2.05, 4.69) is 23.6 Å². The van der Waals surface area contributed by atoms with Crippen LogP contribution in [0.5, 0.6) is 0 Å². The van der Waals surface area contributed by atoms with Gasteiger partial charge >= 0.3 is 0 Å². The molecule has 5 heteroatoms. The van der Waals surface area contributed by atoms with Crippen molar-refractivity contribution in [3.05, 3.63) is 0 Å². The average molecular weight is 299 g/mol. The molecule has 124 valence electrons. The Morgan fingerprint density at radius 2 is 1.95 bits per heavy atom. The van der Waals surface area contributed by atoms with Gasteiger partial charge in [-0.05, 0) is 33.2 Å². The van der Waals surface area contributed by atoms with Gasteiger partial charge in [0.2, 0.25) is 0 Å². The standard InChI is InChI=1S/C16H33N3O2/c1-13-10-18-8-6-5-7-14(18)11-19(13)16(2,12-17)9-15(20-3)21-4/h13-15H,5-12,17H2,1-4H3. The summed E-state index contributed by atoms with van der Waals surface area (Å²) in [5, 5.41) is 0. The molecule has 2 N–H and O–H groups in total. The molecular formula is C16H33N3O2. The molecule has 2 fully saturated rings. The van der Waals surface area contributed by atoms with Crippen molar-refractivity contribution < 1.29 is 9.47 Å². The number of piperidine rings is 1. The lowest BCUT2D eigenvalue weighted by atomic mass is 9.88. The van der Waals surface area contributed by atoms with Crippen LogP contribution in [0.4, 0.5) is 0 Å². The minimum absolute atomic E-state index is 0.0698. The van der Waals surface area contributed by atoms with E-state index in [1.54, 1.807) is 14.2 Å². The molecule has 2 saturated heterocycles. The number of nitrogens with zero attached hydrogens (tertiary/aromatic N) is 2. The number of rotatable bonds is 6. The van der Waals surface area contributed by atoms with E-state index >= 15 is 0 Å². The van der Waals surface area contributed by atoms with Gasteiger partial charge in [0.1, 0.15) is 0 Å². The van der Waals surface area contributed by atoms with Gasteiger partial charge in [0.25, 0.3) is 0 Å². The fourth-order valence-electron chi connectivity index (χ4n) is 4.04. The van der Waals surface area contributed by atoms with Crippen molar-refractivity contribution in [1.29, 1.82) is 0 Å². The highest BCUT2D eigenvalue weighted by atomic mass is 16.7. The van der Waals surface area contributed by atoms with Gasteiger partial charge in [0.05, 0.1) is 0 Å². The van der Waals surface area contributed by atoms with Crippen LogP contribution < -0.4 is 5.73 Å². The Balaban J connectivity index is 2.08. The van der Waals surface area contributed by atoms with E-state index < -0.39 is 0 Å². The van der Waals surface area contributed by atoms with Gasteiger partial charge in [0, 0.05) is 57.9 Å². The fourth-order valence-corrected chi connectivity index (χ4v) is 4.04. The van der Waals surface area contributed by atoms with Crippen molar-refractivity contribution >= 4 is 0 Å². The van der Waals surface area contributed by atoms with Crippen LogP contribution in [0.3, 0.4) is 0 Å². The minimum atomic E-state index is -0.185. The third kappa shape index (κ3) is 3.77. The predicted octanol–water partition coefficient (Wildman–Crippen LogP) is 1.27. The summed E-state index contributed by atoms with van der Waals surface area (Å²) < 4.78 is 10.8. The maximum absolute atomic E-state index is 6.16. The maximum atomic E-state index is 6.16. The molecule has 3 atom stereocenters. The lowest BCUT2D eigenvalue weighted by Crippen LogP contribution is -2.66. The largest absolute Gasteiger partial charge is 0.356 e. The van der Waals surface area contributed by atoms with Crippen molar-refractivity contribution in [2.45, 2.75) is 63.4 Å². The third-order valence-corrected chi connectivity index (χ3v) is 5.45. The maximum Gasteiger partial charge on any atom is 0.158 e. The zero-order chi connectivity index (χ0) is 15.5. The van der Waals surface area contributed by atoms with Gasteiger partial charge in [-0.1, -0.05) is 6.42 Å². The lowest BCUT2D eigenvalue weighted by molar-refractivity contribution is -0.139. The van der Waals surface area contributed by atoms with Crippen LogP contribution in [-0.4, -0.2) is 74.1 Å². The van der Waals surface area contributed by atoms with E-state index in [1.165, 1.54) is 25.8 Å². The van der Waals surface area contributed by atoms with Crippen LogP contribution in [0.2, 0.25) is 0 Å². The number of piperazine rings is 1. The number of nitrogens with two attached hydrogens (primary N) is 1. The summed E-state index contributed by atoms with van der Waals surface area (Å²) >= 11 is 0. The number of ether oxygens (including phenoxy) is 2. The number of hydrogen-bond acceptors (Lipinski definition) is 5. The summed E-state index contributed by atoms with van der Waals surface area (Å²) in [5.41, 5.74) is 6.09. The number of fused-ring (bicyclic) bond motifs is 1. The molecular weight excluding hydrogens is 266 g/mol. The van der Waals surface area contributed by atoms with E-state index in [4.69, 9.17) is 15.2 Å². The number of methoxy groups -OCH3 is 2. The summed E-state index contributed by atoms with van der Waals surface area (Å²) in [5.74, 6) is 0. The topological polar surface area (TPSA) is 51.0 Å². The SMILES string of the molecule is COC(CC(C)(CN)N1CC2CCCCN2CC1C)OC. The molecule has 0 aromatic carbocycles. The van der Waals surface area contributed by atoms with Crippen LogP contribution in [0.25, 0.3) is 0 Å². The van der Waals surface area contributed by atoms with Crippen LogP contribution >= 0.6 is 0 Å². The minimum Gasteiger partial charge on any atom is -0.356 e. The summed E-state index contributed by atoms with van der Waals surface area (Å²) in [4.78, 5) is 5.27. The highest BCUT2D eigenvalue weighted by Gasteiger charge is 2.42. The fraction of sp³-hybridized carbons (Fsp3) is 1.00. The molecule has 0 bridgehead atoms. The molecule has 2 aliphatic rings. The molecule has 0 aliphatic carbocycles. The Bertz CT molecular complexity index is 325. The van der Waals surface area contributed by atoms with Gasteiger partial charge in [-0.3, -0.25) is 9.80 Å². The molecule has 0 aromatic rings. The van der Waals surface area contributed by atoms with Gasteiger partial charge in [0.15, 0.2) is 6.29 Å².